The van der Waals surface area contributed by atoms with Crippen LogP contribution in [0.5, 0.6) is 0 Å². The van der Waals surface area contributed by atoms with Gasteiger partial charge < -0.3 is 5.11 Å². The van der Waals surface area contributed by atoms with Gasteiger partial charge in [-0.1, -0.05) is 61.0 Å². The van der Waals surface area contributed by atoms with Crippen LogP contribution < -0.4 is 5.43 Å². The number of amides is 1. The number of nitrogens with zero attached hydrogens (tertiary/aromatic N) is 1. The van der Waals surface area contributed by atoms with Crippen molar-refractivity contribution < 1.29 is 14.7 Å². The number of carboxylic acids is 1. The number of aliphatic carboxylic acids is 1. The molecule has 0 atom stereocenters. The number of benzene rings is 2. The molecule has 0 spiro atoms. The highest BCUT2D eigenvalue weighted by atomic mass is 35.5. The molecular formula is C24H21ClN2O3S. The summed E-state index contributed by atoms with van der Waals surface area (Å²) < 4.78 is 2.61. The second-order valence-electron chi connectivity index (χ2n) is 7.17. The molecule has 5 nitrogen and oxygen atoms in total. The van der Waals surface area contributed by atoms with Crippen molar-refractivity contribution >= 4 is 44.9 Å². The van der Waals surface area contributed by atoms with Gasteiger partial charge in [0.15, 0.2) is 0 Å². The highest BCUT2D eigenvalue weighted by molar-refractivity contribution is 7.21. The first-order chi connectivity index (χ1) is 15.0. The summed E-state index contributed by atoms with van der Waals surface area (Å²) in [5.74, 6) is -1.22. The van der Waals surface area contributed by atoms with Crippen LogP contribution in [0.3, 0.4) is 0 Å². The minimum Gasteiger partial charge on any atom is -0.481 e. The average molecular weight is 453 g/mol. The maximum atomic E-state index is 13.2. The second-order valence-corrected chi connectivity index (χ2v) is 8.60. The predicted molar refractivity (Wildman–Crippen MR) is 126 cm³/mol. The zero-order valence-corrected chi connectivity index (χ0v) is 18.5. The van der Waals surface area contributed by atoms with E-state index in [9.17, 15) is 9.59 Å². The Labute approximate surface area is 188 Å². The largest absolute Gasteiger partial charge is 0.481 e. The van der Waals surface area contributed by atoms with E-state index in [0.29, 0.717) is 22.0 Å². The minimum absolute atomic E-state index is 0.0300. The summed E-state index contributed by atoms with van der Waals surface area (Å²) in [6.07, 6.45) is 1.20. The first-order valence-corrected chi connectivity index (χ1v) is 11.2. The molecule has 4 rings (SSSR count). The van der Waals surface area contributed by atoms with E-state index in [1.807, 2.05) is 60.7 Å². The summed E-state index contributed by atoms with van der Waals surface area (Å²) in [5.41, 5.74) is 6.58. The summed E-state index contributed by atoms with van der Waals surface area (Å²) in [6.45, 7) is 2.09. The van der Waals surface area contributed by atoms with Crippen molar-refractivity contribution in [3.8, 4) is 11.3 Å². The maximum absolute atomic E-state index is 13.2. The number of halogens is 1. The van der Waals surface area contributed by atoms with E-state index in [-0.39, 0.29) is 12.3 Å². The minimum atomic E-state index is -0.888. The van der Waals surface area contributed by atoms with E-state index in [4.69, 9.17) is 16.7 Å². The van der Waals surface area contributed by atoms with E-state index in [1.54, 1.807) is 4.68 Å². The maximum Gasteiger partial charge on any atom is 0.303 e. The molecule has 0 radical (unpaired) electrons. The number of carboxylic acid groups (broad SMARTS) is 1. The number of hydrogen-bond acceptors (Lipinski definition) is 3. The van der Waals surface area contributed by atoms with Gasteiger partial charge in [-0.3, -0.25) is 19.7 Å². The number of fused-ring (bicyclic) bond motifs is 1. The quantitative estimate of drug-likeness (QED) is 0.362. The van der Waals surface area contributed by atoms with Crippen LogP contribution in [0.4, 0.5) is 0 Å². The number of nitrogens with one attached hydrogen (secondary N) is 1. The molecule has 0 fully saturated rings. The fourth-order valence-electron chi connectivity index (χ4n) is 3.49. The lowest BCUT2D eigenvalue weighted by atomic mass is 10.1. The van der Waals surface area contributed by atoms with Gasteiger partial charge in [-0.05, 0) is 30.2 Å². The van der Waals surface area contributed by atoms with E-state index < -0.39 is 5.97 Å². The molecule has 2 heterocycles. The molecule has 0 aliphatic rings. The van der Waals surface area contributed by atoms with Crippen molar-refractivity contribution in [1.82, 2.24) is 4.68 Å². The normalized spacial score (nSPS) is 11.0. The Balaban J connectivity index is 1.71. The van der Waals surface area contributed by atoms with Crippen LogP contribution in [-0.4, -0.2) is 21.7 Å². The number of hydrogen-bond donors (Lipinski definition) is 2. The van der Waals surface area contributed by atoms with E-state index >= 15 is 0 Å². The Bertz CT molecular complexity index is 1260. The van der Waals surface area contributed by atoms with Crippen LogP contribution in [0.25, 0.3) is 21.3 Å². The molecule has 1 amide bonds. The van der Waals surface area contributed by atoms with Gasteiger partial charge in [-0.15, -0.1) is 11.3 Å². The van der Waals surface area contributed by atoms with Crippen molar-refractivity contribution in [2.45, 2.75) is 26.2 Å². The zero-order valence-electron chi connectivity index (χ0n) is 16.9. The number of thiophene rings is 1. The fraction of sp³-hybridized carbons (Fsp3) is 0.167. The van der Waals surface area contributed by atoms with Crippen LogP contribution in [0, 0.1) is 0 Å². The highest BCUT2D eigenvalue weighted by Gasteiger charge is 2.20. The Kier molecular flexibility index (Phi) is 6.11. The average Bonchev–Trinajstić information content (AvgIpc) is 3.33. The number of carbonyl (C=O) groups is 2. The van der Waals surface area contributed by atoms with Crippen LogP contribution in [0.2, 0.25) is 5.02 Å². The zero-order chi connectivity index (χ0) is 22.0. The van der Waals surface area contributed by atoms with Crippen LogP contribution in [-0.2, 0) is 17.6 Å². The highest BCUT2D eigenvalue weighted by Crippen LogP contribution is 2.35. The third-order valence-electron chi connectivity index (χ3n) is 5.17. The van der Waals surface area contributed by atoms with Gasteiger partial charge in [-0.25, -0.2) is 0 Å². The van der Waals surface area contributed by atoms with Gasteiger partial charge in [0.1, 0.15) is 4.88 Å². The summed E-state index contributed by atoms with van der Waals surface area (Å²) in [6, 6.07) is 19.5. The van der Waals surface area contributed by atoms with Crippen molar-refractivity contribution in [1.29, 1.82) is 0 Å². The van der Waals surface area contributed by atoms with Gasteiger partial charge in [0.2, 0.25) is 0 Å². The van der Waals surface area contributed by atoms with Crippen molar-refractivity contribution in [2.24, 2.45) is 0 Å². The lowest BCUT2D eigenvalue weighted by Crippen LogP contribution is -2.25. The van der Waals surface area contributed by atoms with Gasteiger partial charge in [0.05, 0.1) is 17.1 Å². The van der Waals surface area contributed by atoms with Gasteiger partial charge in [0, 0.05) is 27.8 Å². The summed E-state index contributed by atoms with van der Waals surface area (Å²) >= 11 is 7.82. The topological polar surface area (TPSA) is 71.3 Å². The molecule has 0 bridgehead atoms. The van der Waals surface area contributed by atoms with Gasteiger partial charge >= 0.3 is 5.97 Å². The van der Waals surface area contributed by atoms with E-state index in [1.165, 1.54) is 16.9 Å². The summed E-state index contributed by atoms with van der Waals surface area (Å²) in [4.78, 5) is 24.7. The summed E-state index contributed by atoms with van der Waals surface area (Å²) in [7, 11) is 0. The van der Waals surface area contributed by atoms with Crippen LogP contribution in [0.1, 0.15) is 34.3 Å². The molecule has 0 unspecified atom stereocenters. The standard InChI is InChI=1S/C24H21ClN2O3S/c1-2-15-7-9-16(10-8-15)19-13-11-17(12-14-21(28)29)27(19)26-24(30)23-22(25)18-5-3-4-6-20(18)31-23/h3-11,13H,2,12,14H2,1H3,(H,26,30)(H,28,29). The third-order valence-corrected chi connectivity index (χ3v) is 6.84. The predicted octanol–water partition coefficient (Wildman–Crippen LogP) is 5.99. The van der Waals surface area contributed by atoms with Crippen molar-refractivity contribution in [3.05, 3.63) is 81.8 Å². The lowest BCUT2D eigenvalue weighted by Gasteiger charge is -2.15. The Morgan fingerprint density at radius 1 is 1.06 bits per heavy atom. The molecule has 2 aromatic heterocycles. The van der Waals surface area contributed by atoms with E-state index in [0.717, 1.165) is 27.8 Å². The Morgan fingerprint density at radius 3 is 2.48 bits per heavy atom. The van der Waals surface area contributed by atoms with Crippen molar-refractivity contribution in [2.75, 3.05) is 5.43 Å². The monoisotopic (exact) mass is 452 g/mol. The molecular weight excluding hydrogens is 432 g/mol. The first-order valence-electron chi connectivity index (χ1n) is 9.98. The lowest BCUT2D eigenvalue weighted by molar-refractivity contribution is -0.136. The number of aryl methyl sites for hydroxylation is 2. The number of rotatable bonds is 7. The first kappa shape index (κ1) is 21.2. The molecule has 0 aliphatic carbocycles. The molecule has 0 aliphatic heterocycles. The van der Waals surface area contributed by atoms with Gasteiger partial charge in [-0.2, -0.15) is 0 Å². The van der Waals surface area contributed by atoms with Gasteiger partial charge in [0.25, 0.3) is 5.91 Å². The number of carbonyl (C=O) groups excluding carboxylic acids is 1. The molecule has 4 aromatic rings. The molecule has 2 N–H and O–H groups in total. The summed E-state index contributed by atoms with van der Waals surface area (Å²) in [5, 5.41) is 10.4. The van der Waals surface area contributed by atoms with E-state index in [2.05, 4.69) is 12.3 Å². The third kappa shape index (κ3) is 4.36. The molecule has 0 saturated heterocycles. The smallest absolute Gasteiger partial charge is 0.303 e. The molecule has 0 saturated carbocycles. The number of aromatic nitrogens is 1. The Hall–Kier alpha value is -3.09. The van der Waals surface area contributed by atoms with Crippen LogP contribution >= 0.6 is 22.9 Å². The molecule has 7 heteroatoms. The van der Waals surface area contributed by atoms with Crippen LogP contribution in [0.15, 0.2) is 60.7 Å². The molecule has 31 heavy (non-hydrogen) atoms. The van der Waals surface area contributed by atoms with Crippen molar-refractivity contribution in [3.63, 3.8) is 0 Å². The molecule has 2 aromatic carbocycles. The fourth-order valence-corrected chi connectivity index (χ4v) is 4.90. The molecule has 158 valence electrons. The second kappa shape index (κ2) is 8.96. The SMILES string of the molecule is CCc1ccc(-c2ccc(CCC(=O)O)n2NC(=O)c2sc3ccccc3c2Cl)cc1. The Morgan fingerprint density at radius 2 is 1.81 bits per heavy atom.